The Balaban J connectivity index is 2.90. The number of nitriles is 1. The average molecular weight is 249 g/mol. The van der Waals surface area contributed by atoms with Crippen LogP contribution in [0.4, 0.5) is 5.69 Å². The minimum atomic E-state index is -0.229. The Morgan fingerprint density at radius 3 is 2.72 bits per heavy atom. The fourth-order valence-corrected chi connectivity index (χ4v) is 1.70. The van der Waals surface area contributed by atoms with Gasteiger partial charge in [0.1, 0.15) is 0 Å². The molecule has 1 heterocycles. The number of amides is 1. The number of rotatable bonds is 5. The lowest BCUT2D eigenvalue weighted by atomic mass is 10.1. The van der Waals surface area contributed by atoms with Crippen LogP contribution in [0, 0.1) is 17.2 Å². The Labute approximate surface area is 107 Å². The Hall–Kier alpha value is -2.03. The molecule has 6 heteroatoms. The Bertz CT molecular complexity index is 460. The van der Waals surface area contributed by atoms with Gasteiger partial charge in [-0.15, -0.1) is 0 Å². The lowest BCUT2D eigenvalue weighted by Crippen LogP contribution is -2.35. The first kappa shape index (κ1) is 14.0. The number of aromatic nitrogens is 2. The first-order chi connectivity index (χ1) is 8.54. The summed E-state index contributed by atoms with van der Waals surface area (Å²) in [6, 6.07) is 2.11. The molecule has 3 N–H and O–H groups in total. The average Bonchev–Trinajstić information content (AvgIpc) is 2.75. The minimum absolute atomic E-state index is 0.209. The van der Waals surface area contributed by atoms with Crippen LogP contribution < -0.4 is 5.73 Å². The SMILES string of the molecule is CCc1[nH]nc(C(=O)N(CC)CC(C)C#N)c1N. The highest BCUT2D eigenvalue weighted by molar-refractivity contribution is 5.97. The van der Waals surface area contributed by atoms with Gasteiger partial charge < -0.3 is 10.6 Å². The first-order valence-electron chi connectivity index (χ1n) is 6.06. The quantitative estimate of drug-likeness (QED) is 0.818. The number of nitrogen functional groups attached to an aromatic ring is 1. The predicted octanol–water partition coefficient (Wildman–Crippen LogP) is 1.18. The highest BCUT2D eigenvalue weighted by Gasteiger charge is 2.22. The second-order valence-electron chi connectivity index (χ2n) is 4.19. The number of hydrogen-bond donors (Lipinski definition) is 2. The van der Waals surface area contributed by atoms with Crippen LogP contribution in [0.15, 0.2) is 0 Å². The number of anilines is 1. The molecular formula is C12H19N5O. The van der Waals surface area contributed by atoms with Crippen molar-refractivity contribution < 1.29 is 4.79 Å². The van der Waals surface area contributed by atoms with Crippen LogP contribution in [-0.2, 0) is 6.42 Å². The lowest BCUT2D eigenvalue weighted by molar-refractivity contribution is 0.0748. The molecule has 1 atom stereocenters. The summed E-state index contributed by atoms with van der Waals surface area (Å²) in [7, 11) is 0. The van der Waals surface area contributed by atoms with E-state index < -0.39 is 0 Å². The van der Waals surface area contributed by atoms with Crippen molar-refractivity contribution in [2.45, 2.75) is 27.2 Å². The van der Waals surface area contributed by atoms with E-state index in [1.54, 1.807) is 11.8 Å². The summed E-state index contributed by atoms with van der Waals surface area (Å²) in [6.45, 7) is 6.50. The predicted molar refractivity (Wildman–Crippen MR) is 68.7 cm³/mol. The zero-order valence-corrected chi connectivity index (χ0v) is 11.0. The molecule has 0 saturated heterocycles. The molecule has 1 aromatic rings. The number of H-pyrrole nitrogens is 1. The molecule has 1 aromatic heterocycles. The van der Waals surface area contributed by atoms with E-state index in [-0.39, 0.29) is 17.5 Å². The van der Waals surface area contributed by atoms with Crippen molar-refractivity contribution in [2.75, 3.05) is 18.8 Å². The van der Waals surface area contributed by atoms with Gasteiger partial charge in [-0.2, -0.15) is 10.4 Å². The van der Waals surface area contributed by atoms with Crippen LogP contribution in [0.1, 0.15) is 37.0 Å². The third-order valence-corrected chi connectivity index (χ3v) is 2.82. The van der Waals surface area contributed by atoms with Crippen LogP contribution in [0.25, 0.3) is 0 Å². The standard InChI is InChI=1S/C12H19N5O/c1-4-9-10(14)11(16-15-9)12(18)17(5-2)7-8(3)6-13/h8H,4-5,7,14H2,1-3H3,(H,15,16). The molecule has 1 rings (SSSR count). The van der Waals surface area contributed by atoms with E-state index in [0.29, 0.717) is 25.2 Å². The molecule has 1 amide bonds. The van der Waals surface area contributed by atoms with E-state index in [1.165, 1.54) is 0 Å². The largest absolute Gasteiger partial charge is 0.395 e. The first-order valence-corrected chi connectivity index (χ1v) is 6.06. The molecule has 0 bridgehead atoms. The van der Waals surface area contributed by atoms with E-state index in [0.717, 1.165) is 5.69 Å². The molecule has 0 spiro atoms. The van der Waals surface area contributed by atoms with E-state index >= 15 is 0 Å². The van der Waals surface area contributed by atoms with Crippen LogP contribution in [0.3, 0.4) is 0 Å². The molecule has 0 aromatic carbocycles. The van der Waals surface area contributed by atoms with E-state index in [1.807, 2.05) is 13.8 Å². The van der Waals surface area contributed by atoms with Gasteiger partial charge in [0.2, 0.25) is 0 Å². The molecular weight excluding hydrogens is 230 g/mol. The zero-order valence-electron chi connectivity index (χ0n) is 11.0. The van der Waals surface area contributed by atoms with Gasteiger partial charge in [0.25, 0.3) is 5.91 Å². The number of nitrogens with two attached hydrogens (primary N) is 1. The maximum atomic E-state index is 12.2. The molecule has 0 aliphatic carbocycles. The van der Waals surface area contributed by atoms with Gasteiger partial charge in [-0.05, 0) is 20.3 Å². The fraction of sp³-hybridized carbons (Fsp3) is 0.583. The minimum Gasteiger partial charge on any atom is -0.395 e. The molecule has 0 fully saturated rings. The Morgan fingerprint density at radius 1 is 1.61 bits per heavy atom. The number of nitrogens with one attached hydrogen (secondary N) is 1. The van der Waals surface area contributed by atoms with Crippen molar-refractivity contribution in [1.29, 1.82) is 5.26 Å². The van der Waals surface area contributed by atoms with Crippen molar-refractivity contribution in [3.05, 3.63) is 11.4 Å². The highest BCUT2D eigenvalue weighted by atomic mass is 16.2. The molecule has 98 valence electrons. The molecule has 6 nitrogen and oxygen atoms in total. The van der Waals surface area contributed by atoms with Crippen molar-refractivity contribution in [1.82, 2.24) is 15.1 Å². The second kappa shape index (κ2) is 6.05. The monoisotopic (exact) mass is 249 g/mol. The fourth-order valence-electron chi connectivity index (χ4n) is 1.70. The van der Waals surface area contributed by atoms with Gasteiger partial charge >= 0.3 is 0 Å². The zero-order chi connectivity index (χ0) is 13.7. The summed E-state index contributed by atoms with van der Waals surface area (Å²) in [5.41, 5.74) is 7.29. The number of nitrogens with zero attached hydrogens (tertiary/aromatic N) is 3. The second-order valence-corrected chi connectivity index (χ2v) is 4.19. The van der Waals surface area contributed by atoms with Crippen LogP contribution >= 0.6 is 0 Å². The van der Waals surface area contributed by atoms with Crippen LogP contribution in [0.2, 0.25) is 0 Å². The lowest BCUT2D eigenvalue weighted by Gasteiger charge is -2.21. The normalized spacial score (nSPS) is 11.9. The number of hydrogen-bond acceptors (Lipinski definition) is 4. The van der Waals surface area contributed by atoms with Crippen LogP contribution in [0.5, 0.6) is 0 Å². The van der Waals surface area contributed by atoms with Crippen molar-refractivity contribution in [3.8, 4) is 6.07 Å². The maximum Gasteiger partial charge on any atom is 0.276 e. The van der Waals surface area contributed by atoms with Gasteiger partial charge in [-0.3, -0.25) is 9.89 Å². The molecule has 18 heavy (non-hydrogen) atoms. The van der Waals surface area contributed by atoms with Gasteiger partial charge in [0.15, 0.2) is 5.69 Å². The van der Waals surface area contributed by atoms with Gasteiger partial charge in [0.05, 0.1) is 23.4 Å². The third kappa shape index (κ3) is 2.80. The highest BCUT2D eigenvalue weighted by Crippen LogP contribution is 2.17. The van der Waals surface area contributed by atoms with Crippen molar-refractivity contribution >= 4 is 11.6 Å². The number of carbonyl (C=O) groups is 1. The molecule has 1 unspecified atom stereocenters. The van der Waals surface area contributed by atoms with E-state index in [4.69, 9.17) is 11.0 Å². The molecule has 0 aliphatic rings. The molecule has 0 radical (unpaired) electrons. The Kier molecular flexibility index (Phi) is 4.72. The van der Waals surface area contributed by atoms with Gasteiger partial charge in [0, 0.05) is 13.1 Å². The van der Waals surface area contributed by atoms with Crippen molar-refractivity contribution in [2.24, 2.45) is 5.92 Å². The topological polar surface area (TPSA) is 98.8 Å². The molecule has 0 saturated carbocycles. The van der Waals surface area contributed by atoms with E-state index in [2.05, 4.69) is 16.3 Å². The van der Waals surface area contributed by atoms with Gasteiger partial charge in [-0.25, -0.2) is 0 Å². The van der Waals surface area contributed by atoms with E-state index in [9.17, 15) is 4.79 Å². The summed E-state index contributed by atoms with van der Waals surface area (Å²) in [5.74, 6) is -0.437. The summed E-state index contributed by atoms with van der Waals surface area (Å²) in [4.78, 5) is 13.8. The number of aryl methyl sites for hydroxylation is 1. The maximum absolute atomic E-state index is 12.2. The Morgan fingerprint density at radius 2 is 2.28 bits per heavy atom. The summed E-state index contributed by atoms with van der Waals surface area (Å²) in [6.07, 6.45) is 0.701. The summed E-state index contributed by atoms with van der Waals surface area (Å²) >= 11 is 0. The number of carbonyl (C=O) groups excluding carboxylic acids is 1. The smallest absolute Gasteiger partial charge is 0.276 e. The van der Waals surface area contributed by atoms with Gasteiger partial charge in [-0.1, -0.05) is 6.92 Å². The summed E-state index contributed by atoms with van der Waals surface area (Å²) in [5, 5.41) is 15.5. The van der Waals surface area contributed by atoms with Crippen molar-refractivity contribution in [3.63, 3.8) is 0 Å². The van der Waals surface area contributed by atoms with Crippen LogP contribution in [-0.4, -0.2) is 34.1 Å². The number of aromatic amines is 1. The third-order valence-electron chi connectivity index (χ3n) is 2.82. The summed E-state index contributed by atoms with van der Waals surface area (Å²) < 4.78 is 0. The molecule has 0 aliphatic heterocycles.